The van der Waals surface area contributed by atoms with Crippen molar-refractivity contribution in [3.63, 3.8) is 0 Å². The first-order valence-corrected chi connectivity index (χ1v) is 12.8. The number of benzene rings is 2. The third kappa shape index (κ3) is 6.20. The molecule has 0 N–H and O–H groups in total. The summed E-state index contributed by atoms with van der Waals surface area (Å²) < 4.78 is 0. The molecule has 2 aromatic carbocycles. The van der Waals surface area contributed by atoms with Crippen LogP contribution >= 0.6 is 0 Å². The molecule has 4 rings (SSSR count). The fourth-order valence-electron chi connectivity index (χ4n) is 5.84. The molecule has 2 heteroatoms. The number of hydrogen-bond acceptors (Lipinski definition) is 2. The maximum atomic E-state index is 2.69. The van der Waals surface area contributed by atoms with Crippen LogP contribution in [0.1, 0.15) is 82.0 Å². The van der Waals surface area contributed by atoms with E-state index in [1.54, 1.807) is 0 Å². The summed E-state index contributed by atoms with van der Waals surface area (Å²) in [4.78, 5) is 5.38. The molecule has 2 unspecified atom stereocenters. The number of nitrogens with zero attached hydrogens (tertiary/aromatic N) is 2. The van der Waals surface area contributed by atoms with E-state index >= 15 is 0 Å². The van der Waals surface area contributed by atoms with Gasteiger partial charge in [-0.3, -0.25) is 9.80 Å². The van der Waals surface area contributed by atoms with Crippen LogP contribution in [0.2, 0.25) is 0 Å². The molecule has 2 aromatic rings. The zero-order valence-corrected chi connectivity index (χ0v) is 19.8. The van der Waals surface area contributed by atoms with Crippen LogP contribution in [-0.2, 0) is 0 Å². The average molecular weight is 419 g/mol. The van der Waals surface area contributed by atoms with E-state index in [-0.39, 0.29) is 0 Å². The Hall–Kier alpha value is -1.64. The second-order valence-electron chi connectivity index (χ2n) is 10.1. The maximum Gasteiger partial charge on any atom is 0.0319 e. The Labute approximate surface area is 190 Å². The molecule has 0 amide bonds. The Balaban J connectivity index is 1.12. The van der Waals surface area contributed by atoms with Gasteiger partial charge in [0.25, 0.3) is 0 Å². The highest BCUT2D eigenvalue weighted by Crippen LogP contribution is 2.32. The van der Waals surface area contributed by atoms with Gasteiger partial charge in [-0.2, -0.15) is 0 Å². The first-order valence-electron chi connectivity index (χ1n) is 12.8. The fraction of sp³-hybridized carbons (Fsp3) is 0.586. The van der Waals surface area contributed by atoms with E-state index in [1.807, 2.05) is 0 Å². The Morgan fingerprint density at radius 1 is 0.613 bits per heavy atom. The minimum Gasteiger partial charge on any atom is -0.297 e. The Kier molecular flexibility index (Phi) is 8.21. The maximum absolute atomic E-state index is 2.69. The molecule has 0 aromatic heterocycles. The summed E-state index contributed by atoms with van der Waals surface area (Å²) in [6, 6.07) is 23.2. The summed E-state index contributed by atoms with van der Waals surface area (Å²) in [5.41, 5.74) is 2.93. The quantitative estimate of drug-likeness (QED) is 0.451. The third-order valence-electron chi connectivity index (χ3n) is 8.18. The van der Waals surface area contributed by atoms with Crippen LogP contribution in [0.3, 0.4) is 0 Å². The Morgan fingerprint density at radius 3 is 1.32 bits per heavy atom. The van der Waals surface area contributed by atoms with Crippen molar-refractivity contribution in [2.75, 3.05) is 26.2 Å². The first-order chi connectivity index (χ1) is 15.2. The van der Waals surface area contributed by atoms with Crippen LogP contribution in [0, 0.1) is 11.8 Å². The van der Waals surface area contributed by atoms with Crippen LogP contribution in [0.4, 0.5) is 0 Å². The van der Waals surface area contributed by atoms with E-state index < -0.39 is 0 Å². The SMILES string of the molecule is CC(c1ccccc1)N1CCC(CCCC2CCN(C(C)c3ccccc3)CC2)CC1. The van der Waals surface area contributed by atoms with Gasteiger partial charge in [0.2, 0.25) is 0 Å². The molecule has 0 bridgehead atoms. The zero-order valence-electron chi connectivity index (χ0n) is 19.8. The lowest BCUT2D eigenvalue weighted by Crippen LogP contribution is -2.36. The summed E-state index contributed by atoms with van der Waals surface area (Å²) in [7, 11) is 0. The molecule has 0 aliphatic carbocycles. The highest BCUT2D eigenvalue weighted by atomic mass is 15.2. The van der Waals surface area contributed by atoms with Crippen LogP contribution in [0.15, 0.2) is 60.7 Å². The Bertz CT molecular complexity index is 677. The summed E-state index contributed by atoms with van der Waals surface area (Å²) in [6.45, 7) is 9.85. The van der Waals surface area contributed by atoms with Crippen molar-refractivity contribution in [1.29, 1.82) is 0 Å². The molecule has 2 aliphatic heterocycles. The lowest BCUT2D eigenvalue weighted by Gasteiger charge is -2.37. The molecule has 2 saturated heterocycles. The summed E-state index contributed by atoms with van der Waals surface area (Å²) in [6.07, 6.45) is 9.92. The van der Waals surface area contributed by atoms with Crippen LogP contribution in [-0.4, -0.2) is 36.0 Å². The van der Waals surface area contributed by atoms with Gasteiger partial charge in [-0.25, -0.2) is 0 Å². The van der Waals surface area contributed by atoms with E-state index in [4.69, 9.17) is 0 Å². The molecule has 2 fully saturated rings. The van der Waals surface area contributed by atoms with Gasteiger partial charge in [0.15, 0.2) is 0 Å². The van der Waals surface area contributed by atoms with Crippen LogP contribution in [0.5, 0.6) is 0 Å². The minimum absolute atomic E-state index is 0.561. The van der Waals surface area contributed by atoms with Gasteiger partial charge in [-0.1, -0.05) is 79.9 Å². The third-order valence-corrected chi connectivity index (χ3v) is 8.18. The van der Waals surface area contributed by atoms with E-state index in [2.05, 4.69) is 84.3 Å². The predicted molar refractivity (Wildman–Crippen MR) is 132 cm³/mol. The van der Waals surface area contributed by atoms with Gasteiger partial charge < -0.3 is 0 Å². The molecular formula is C29H42N2. The number of piperidine rings is 2. The van der Waals surface area contributed by atoms with Gasteiger partial charge in [0.05, 0.1) is 0 Å². The van der Waals surface area contributed by atoms with Crippen molar-refractivity contribution in [3.8, 4) is 0 Å². The molecule has 0 spiro atoms. The predicted octanol–water partition coefficient (Wildman–Crippen LogP) is 7.10. The van der Waals surface area contributed by atoms with Crippen molar-refractivity contribution >= 4 is 0 Å². The largest absolute Gasteiger partial charge is 0.297 e. The van der Waals surface area contributed by atoms with Crippen molar-refractivity contribution < 1.29 is 0 Å². The molecule has 2 heterocycles. The lowest BCUT2D eigenvalue weighted by atomic mass is 9.86. The smallest absolute Gasteiger partial charge is 0.0319 e. The van der Waals surface area contributed by atoms with E-state index in [1.165, 1.54) is 82.3 Å². The van der Waals surface area contributed by atoms with Gasteiger partial charge in [-0.15, -0.1) is 0 Å². The summed E-state index contributed by atoms with van der Waals surface area (Å²) >= 11 is 0. The van der Waals surface area contributed by atoms with Crippen molar-refractivity contribution in [1.82, 2.24) is 9.80 Å². The molecular weight excluding hydrogens is 376 g/mol. The second kappa shape index (κ2) is 11.3. The van der Waals surface area contributed by atoms with Crippen molar-refractivity contribution in [2.45, 2.75) is 70.9 Å². The monoisotopic (exact) mass is 418 g/mol. The topological polar surface area (TPSA) is 6.48 Å². The van der Waals surface area contributed by atoms with Gasteiger partial charge in [0.1, 0.15) is 0 Å². The molecule has 2 atom stereocenters. The molecule has 0 saturated carbocycles. The highest BCUT2D eigenvalue weighted by Gasteiger charge is 2.25. The number of likely N-dealkylation sites (tertiary alicyclic amines) is 2. The zero-order chi connectivity index (χ0) is 21.5. The van der Waals surface area contributed by atoms with E-state index in [0.717, 1.165) is 11.8 Å². The molecule has 0 radical (unpaired) electrons. The van der Waals surface area contributed by atoms with Gasteiger partial charge >= 0.3 is 0 Å². The van der Waals surface area contributed by atoms with Gasteiger partial charge in [0, 0.05) is 12.1 Å². The number of rotatable bonds is 8. The highest BCUT2D eigenvalue weighted by molar-refractivity contribution is 5.19. The van der Waals surface area contributed by atoms with Crippen molar-refractivity contribution in [2.24, 2.45) is 11.8 Å². The van der Waals surface area contributed by atoms with E-state index in [0.29, 0.717) is 12.1 Å². The lowest BCUT2D eigenvalue weighted by molar-refractivity contribution is 0.125. The Morgan fingerprint density at radius 2 is 0.968 bits per heavy atom. The molecule has 168 valence electrons. The molecule has 2 nitrogen and oxygen atoms in total. The summed E-state index contributed by atoms with van der Waals surface area (Å²) in [5, 5.41) is 0. The van der Waals surface area contributed by atoms with Crippen LogP contribution < -0.4 is 0 Å². The second-order valence-corrected chi connectivity index (χ2v) is 10.1. The number of hydrogen-bond donors (Lipinski definition) is 0. The molecule has 31 heavy (non-hydrogen) atoms. The first kappa shape index (κ1) is 22.6. The van der Waals surface area contributed by atoms with E-state index in [9.17, 15) is 0 Å². The van der Waals surface area contributed by atoms with Crippen molar-refractivity contribution in [3.05, 3.63) is 71.8 Å². The summed E-state index contributed by atoms with van der Waals surface area (Å²) in [5.74, 6) is 1.91. The fourth-order valence-corrected chi connectivity index (χ4v) is 5.84. The average Bonchev–Trinajstić information content (AvgIpc) is 2.85. The molecule has 2 aliphatic rings. The van der Waals surface area contributed by atoms with Gasteiger partial charge in [-0.05, 0) is 88.7 Å². The normalized spacial score (nSPS) is 21.7. The standard InChI is InChI=1S/C29H42N2/c1-24(28-12-5-3-6-13-28)30-20-16-26(17-21-30)10-9-11-27-18-22-31(23-19-27)25(2)29-14-7-4-8-15-29/h3-8,12-15,24-27H,9-11,16-23H2,1-2H3. The van der Waals surface area contributed by atoms with Crippen LogP contribution in [0.25, 0.3) is 0 Å². The minimum atomic E-state index is 0.561.